The Labute approximate surface area is 180 Å². The minimum Gasteiger partial charge on any atom is -0.474 e. The molecule has 6 nitrogen and oxygen atoms in total. The van der Waals surface area contributed by atoms with Gasteiger partial charge in [0.15, 0.2) is 5.03 Å². The second-order valence-corrected chi connectivity index (χ2v) is 8.51. The molecule has 0 radical (unpaired) electrons. The van der Waals surface area contributed by atoms with E-state index in [1.807, 2.05) is 0 Å². The molecule has 0 bridgehead atoms. The summed E-state index contributed by atoms with van der Waals surface area (Å²) in [4.78, 5) is 21.6. The van der Waals surface area contributed by atoms with Gasteiger partial charge in [0, 0.05) is 22.9 Å². The summed E-state index contributed by atoms with van der Waals surface area (Å²) in [7, 11) is 0. The Kier molecular flexibility index (Phi) is 6.42. The molecule has 164 valence electrons. The first kappa shape index (κ1) is 22.8. The number of aliphatic hydroxyl groups is 1. The van der Waals surface area contributed by atoms with Gasteiger partial charge >= 0.3 is 6.18 Å². The monoisotopic (exact) mass is 451 g/mol. The molecule has 3 rings (SSSR count). The number of rotatable bonds is 6. The van der Waals surface area contributed by atoms with Crippen LogP contribution >= 0.6 is 11.8 Å². The summed E-state index contributed by atoms with van der Waals surface area (Å²) in [5, 5.41) is 9.90. The minimum absolute atomic E-state index is 0.0588. The van der Waals surface area contributed by atoms with E-state index in [1.54, 1.807) is 26.8 Å². The molecule has 0 saturated carbocycles. The normalized spacial score (nSPS) is 12.1. The van der Waals surface area contributed by atoms with Crippen molar-refractivity contribution in [3.05, 3.63) is 70.4 Å². The molecule has 1 N–H and O–H groups in total. The van der Waals surface area contributed by atoms with Crippen molar-refractivity contribution < 1.29 is 23.0 Å². The van der Waals surface area contributed by atoms with Gasteiger partial charge in [0.1, 0.15) is 6.61 Å². The van der Waals surface area contributed by atoms with Crippen LogP contribution in [0.15, 0.2) is 63.6 Å². The molecule has 0 fully saturated rings. The molecule has 0 atom stereocenters. The third-order valence-corrected chi connectivity index (χ3v) is 5.04. The zero-order valence-electron chi connectivity index (χ0n) is 17.0. The van der Waals surface area contributed by atoms with E-state index in [2.05, 4.69) is 9.97 Å². The smallest absolute Gasteiger partial charge is 0.416 e. The van der Waals surface area contributed by atoms with Crippen molar-refractivity contribution in [2.75, 3.05) is 6.61 Å². The predicted octanol–water partition coefficient (Wildman–Crippen LogP) is 4.26. The quantitative estimate of drug-likeness (QED) is 0.604. The van der Waals surface area contributed by atoms with Gasteiger partial charge in [-0.1, -0.05) is 11.8 Å². The number of hydrogen-bond acceptors (Lipinski definition) is 6. The van der Waals surface area contributed by atoms with E-state index in [0.717, 1.165) is 23.9 Å². The number of pyridine rings is 1. The lowest BCUT2D eigenvalue weighted by molar-refractivity contribution is -0.137. The summed E-state index contributed by atoms with van der Waals surface area (Å²) in [6.45, 7) is 5.05. The molecule has 0 aliphatic carbocycles. The average Bonchev–Trinajstić information content (AvgIpc) is 2.68. The highest BCUT2D eigenvalue weighted by Crippen LogP contribution is 2.32. The van der Waals surface area contributed by atoms with Crippen molar-refractivity contribution in [3.63, 3.8) is 0 Å². The molecule has 2 heterocycles. The van der Waals surface area contributed by atoms with Crippen LogP contribution in [0.3, 0.4) is 0 Å². The molecule has 0 aliphatic rings. The molecular weight excluding hydrogens is 431 g/mol. The van der Waals surface area contributed by atoms with E-state index in [4.69, 9.17) is 4.74 Å². The van der Waals surface area contributed by atoms with Gasteiger partial charge in [-0.15, -0.1) is 0 Å². The molecule has 2 aromatic heterocycles. The van der Waals surface area contributed by atoms with Crippen molar-refractivity contribution >= 4 is 11.8 Å². The maximum Gasteiger partial charge on any atom is 0.416 e. The zero-order valence-corrected chi connectivity index (χ0v) is 17.8. The maximum absolute atomic E-state index is 12.9. The SMILES string of the molecule is Cc1cc(-n2ccnc(Sc3ccc(C(F)(F)F)cc3)c2=O)cnc1OCC(C)(C)O. The van der Waals surface area contributed by atoms with E-state index in [-0.39, 0.29) is 11.6 Å². The van der Waals surface area contributed by atoms with E-state index in [1.165, 1.54) is 35.3 Å². The van der Waals surface area contributed by atoms with Crippen LogP contribution in [-0.4, -0.2) is 31.8 Å². The summed E-state index contributed by atoms with van der Waals surface area (Å²) in [5.74, 6) is 0.340. The van der Waals surface area contributed by atoms with Gasteiger partial charge in [-0.05, 0) is 51.1 Å². The maximum atomic E-state index is 12.9. The Bertz CT molecular complexity index is 1120. The number of halogens is 3. The van der Waals surface area contributed by atoms with Gasteiger partial charge in [0.05, 0.1) is 23.0 Å². The molecule has 0 amide bonds. The Morgan fingerprint density at radius 2 is 1.84 bits per heavy atom. The van der Waals surface area contributed by atoms with Crippen LogP contribution in [0.25, 0.3) is 5.69 Å². The summed E-state index contributed by atoms with van der Waals surface area (Å²) >= 11 is 0.976. The Morgan fingerprint density at radius 1 is 1.16 bits per heavy atom. The van der Waals surface area contributed by atoms with Gasteiger partial charge in [0.25, 0.3) is 5.56 Å². The molecule has 10 heteroatoms. The summed E-state index contributed by atoms with van der Waals surface area (Å²) in [6, 6.07) is 6.23. The largest absolute Gasteiger partial charge is 0.474 e. The Morgan fingerprint density at radius 3 is 2.42 bits per heavy atom. The average molecular weight is 451 g/mol. The number of aromatic nitrogens is 3. The van der Waals surface area contributed by atoms with E-state index >= 15 is 0 Å². The molecule has 0 aliphatic heterocycles. The standard InChI is InChI=1S/C21H20F3N3O3S/c1-13-10-15(11-26-17(13)30-12-20(2,3)29)27-9-8-25-18(19(27)28)31-16-6-4-14(5-7-16)21(22,23)24/h4-11,29H,12H2,1-3H3. The van der Waals surface area contributed by atoms with Crippen molar-refractivity contribution in [1.82, 2.24) is 14.5 Å². The summed E-state index contributed by atoms with van der Waals surface area (Å²) < 4.78 is 45.0. The third-order valence-electron chi connectivity index (χ3n) is 4.06. The van der Waals surface area contributed by atoms with E-state index in [9.17, 15) is 23.1 Å². The number of aryl methyl sites for hydroxylation is 1. The second kappa shape index (κ2) is 8.72. The fourth-order valence-electron chi connectivity index (χ4n) is 2.57. The topological polar surface area (TPSA) is 77.2 Å². The summed E-state index contributed by atoms with van der Waals surface area (Å²) in [5.41, 5.74) is -1.06. The van der Waals surface area contributed by atoms with Crippen molar-refractivity contribution in [3.8, 4) is 11.6 Å². The van der Waals surface area contributed by atoms with Crippen LogP contribution in [0, 0.1) is 6.92 Å². The van der Waals surface area contributed by atoms with Crippen molar-refractivity contribution in [2.24, 2.45) is 0 Å². The summed E-state index contributed by atoms with van der Waals surface area (Å²) in [6.07, 6.45) is -0.0515. The van der Waals surface area contributed by atoms with Crippen molar-refractivity contribution in [2.45, 2.75) is 42.5 Å². The first-order chi connectivity index (χ1) is 14.4. The van der Waals surface area contributed by atoms with Crippen LogP contribution in [0.2, 0.25) is 0 Å². The van der Waals surface area contributed by atoms with E-state index in [0.29, 0.717) is 22.0 Å². The lowest BCUT2D eigenvalue weighted by Gasteiger charge is -2.18. The van der Waals surface area contributed by atoms with Crippen LogP contribution < -0.4 is 10.3 Å². The molecule has 1 aromatic carbocycles. The highest BCUT2D eigenvalue weighted by Gasteiger charge is 2.30. The highest BCUT2D eigenvalue weighted by atomic mass is 32.2. The van der Waals surface area contributed by atoms with Gasteiger partial charge in [-0.2, -0.15) is 13.2 Å². The predicted molar refractivity (Wildman–Crippen MR) is 110 cm³/mol. The van der Waals surface area contributed by atoms with Gasteiger partial charge in [0.2, 0.25) is 5.88 Å². The number of benzene rings is 1. The second-order valence-electron chi connectivity index (χ2n) is 7.45. The number of ether oxygens (including phenoxy) is 1. The fourth-order valence-corrected chi connectivity index (χ4v) is 3.36. The molecule has 0 unspecified atom stereocenters. The fraction of sp³-hybridized carbons (Fsp3) is 0.286. The van der Waals surface area contributed by atoms with Crippen molar-refractivity contribution in [1.29, 1.82) is 0 Å². The molecule has 0 spiro atoms. The van der Waals surface area contributed by atoms with Gasteiger partial charge in [-0.25, -0.2) is 9.97 Å². The lowest BCUT2D eigenvalue weighted by atomic mass is 10.2. The Hall–Kier alpha value is -2.85. The zero-order chi connectivity index (χ0) is 22.8. The van der Waals surface area contributed by atoms with Crippen LogP contribution in [0.1, 0.15) is 25.0 Å². The van der Waals surface area contributed by atoms with E-state index < -0.39 is 22.9 Å². The first-order valence-corrected chi connectivity index (χ1v) is 10.0. The number of hydrogen-bond donors (Lipinski definition) is 1. The third kappa shape index (κ3) is 5.86. The van der Waals surface area contributed by atoms with Crippen LogP contribution in [0.4, 0.5) is 13.2 Å². The van der Waals surface area contributed by atoms with Crippen LogP contribution in [0.5, 0.6) is 5.88 Å². The first-order valence-electron chi connectivity index (χ1n) is 9.19. The van der Waals surface area contributed by atoms with Crippen LogP contribution in [-0.2, 0) is 6.18 Å². The molecular formula is C21H20F3N3O3S. The number of nitrogens with zero attached hydrogens (tertiary/aromatic N) is 3. The number of alkyl halides is 3. The highest BCUT2D eigenvalue weighted by molar-refractivity contribution is 7.99. The molecule has 0 saturated heterocycles. The lowest BCUT2D eigenvalue weighted by Crippen LogP contribution is -2.28. The minimum atomic E-state index is -4.42. The van der Waals surface area contributed by atoms with Gasteiger partial charge in [-0.3, -0.25) is 9.36 Å². The van der Waals surface area contributed by atoms with Gasteiger partial charge < -0.3 is 9.84 Å². The molecule has 3 aromatic rings. The molecule has 31 heavy (non-hydrogen) atoms. The Balaban J connectivity index is 1.84.